The summed E-state index contributed by atoms with van der Waals surface area (Å²) in [4.78, 5) is 8.42. The van der Waals surface area contributed by atoms with Gasteiger partial charge < -0.3 is 5.73 Å². The summed E-state index contributed by atoms with van der Waals surface area (Å²) >= 11 is 5.92. The number of hydrogen-bond acceptors (Lipinski definition) is 4. The third-order valence-corrected chi connectivity index (χ3v) is 2.88. The first kappa shape index (κ1) is 11.0. The molecule has 0 spiro atoms. The van der Waals surface area contributed by atoms with E-state index in [1.165, 1.54) is 0 Å². The SMILES string of the molecule is Cc1nc2ccc(Cl)nn2c1-c1ccnc(N)c1. The van der Waals surface area contributed by atoms with Crippen LogP contribution in [0.3, 0.4) is 0 Å². The van der Waals surface area contributed by atoms with Crippen LogP contribution >= 0.6 is 11.6 Å². The standard InChI is InChI=1S/C12H10ClN5/c1-7-12(8-4-5-15-10(14)6-8)18-11(16-7)3-2-9(13)17-18/h2-6H,1H3,(H2,14,15). The molecule has 3 aromatic rings. The number of aromatic nitrogens is 4. The summed E-state index contributed by atoms with van der Waals surface area (Å²) in [5.74, 6) is 0.462. The number of fused-ring (bicyclic) bond motifs is 1. The normalized spacial score (nSPS) is 11.0. The largest absolute Gasteiger partial charge is 0.384 e. The lowest BCUT2D eigenvalue weighted by Gasteiger charge is -2.03. The molecule has 2 N–H and O–H groups in total. The summed E-state index contributed by atoms with van der Waals surface area (Å²) < 4.78 is 1.71. The Bertz CT molecular complexity index is 734. The molecule has 0 bridgehead atoms. The van der Waals surface area contributed by atoms with E-state index in [9.17, 15) is 0 Å². The minimum atomic E-state index is 0.420. The van der Waals surface area contributed by atoms with Gasteiger partial charge >= 0.3 is 0 Å². The lowest BCUT2D eigenvalue weighted by molar-refractivity contribution is 0.942. The van der Waals surface area contributed by atoms with E-state index >= 15 is 0 Å². The molecule has 0 fully saturated rings. The first-order chi connectivity index (χ1) is 8.65. The Balaban J connectivity index is 2.34. The lowest BCUT2D eigenvalue weighted by Crippen LogP contribution is -1.96. The summed E-state index contributed by atoms with van der Waals surface area (Å²) in [6, 6.07) is 7.21. The van der Waals surface area contributed by atoms with E-state index in [1.807, 2.05) is 19.1 Å². The van der Waals surface area contributed by atoms with E-state index in [0.717, 1.165) is 22.6 Å². The molecule has 0 aliphatic heterocycles. The zero-order chi connectivity index (χ0) is 12.7. The van der Waals surface area contributed by atoms with Gasteiger partial charge in [-0.1, -0.05) is 11.6 Å². The van der Waals surface area contributed by atoms with Crippen LogP contribution in [-0.2, 0) is 0 Å². The molecule has 6 heteroatoms. The number of nitrogens with zero attached hydrogens (tertiary/aromatic N) is 4. The van der Waals surface area contributed by atoms with Crippen LogP contribution < -0.4 is 5.73 Å². The van der Waals surface area contributed by atoms with Gasteiger partial charge in [0.15, 0.2) is 5.65 Å². The van der Waals surface area contributed by atoms with Crippen LogP contribution in [0, 0.1) is 6.92 Å². The van der Waals surface area contributed by atoms with Crippen molar-refractivity contribution >= 4 is 23.1 Å². The fourth-order valence-corrected chi connectivity index (χ4v) is 2.09. The van der Waals surface area contributed by atoms with E-state index in [-0.39, 0.29) is 0 Å². The molecular weight excluding hydrogens is 250 g/mol. The van der Waals surface area contributed by atoms with Gasteiger partial charge in [0.1, 0.15) is 11.0 Å². The van der Waals surface area contributed by atoms with Crippen molar-refractivity contribution in [2.75, 3.05) is 5.73 Å². The molecule has 0 atom stereocenters. The monoisotopic (exact) mass is 259 g/mol. The van der Waals surface area contributed by atoms with E-state index in [1.54, 1.807) is 22.8 Å². The van der Waals surface area contributed by atoms with Gasteiger partial charge in [-0.15, -0.1) is 0 Å². The van der Waals surface area contributed by atoms with Gasteiger partial charge in [-0.3, -0.25) is 0 Å². The van der Waals surface area contributed by atoms with Gasteiger partial charge in [0.2, 0.25) is 0 Å². The van der Waals surface area contributed by atoms with Crippen molar-refractivity contribution in [3.8, 4) is 11.3 Å². The molecule has 0 saturated heterocycles. The van der Waals surface area contributed by atoms with Crippen molar-refractivity contribution in [1.82, 2.24) is 19.6 Å². The predicted octanol–water partition coefficient (Wildman–Crippen LogP) is 2.34. The van der Waals surface area contributed by atoms with Gasteiger partial charge in [-0.05, 0) is 31.2 Å². The van der Waals surface area contributed by atoms with Crippen LogP contribution in [0.1, 0.15) is 5.69 Å². The van der Waals surface area contributed by atoms with Crippen molar-refractivity contribution < 1.29 is 0 Å². The second-order valence-corrected chi connectivity index (χ2v) is 4.33. The number of halogens is 1. The zero-order valence-corrected chi connectivity index (χ0v) is 10.4. The molecule has 0 aliphatic carbocycles. The Kier molecular flexibility index (Phi) is 2.41. The molecule has 18 heavy (non-hydrogen) atoms. The highest BCUT2D eigenvalue weighted by Crippen LogP contribution is 2.25. The van der Waals surface area contributed by atoms with E-state index in [4.69, 9.17) is 17.3 Å². The van der Waals surface area contributed by atoms with Crippen molar-refractivity contribution in [2.45, 2.75) is 6.92 Å². The molecule has 3 rings (SSSR count). The highest BCUT2D eigenvalue weighted by Gasteiger charge is 2.12. The van der Waals surface area contributed by atoms with Gasteiger partial charge in [-0.25, -0.2) is 14.5 Å². The lowest BCUT2D eigenvalue weighted by atomic mass is 10.1. The van der Waals surface area contributed by atoms with Crippen LogP contribution in [0.5, 0.6) is 0 Å². The Morgan fingerprint density at radius 3 is 2.89 bits per heavy atom. The van der Waals surface area contributed by atoms with Crippen LogP contribution in [0.25, 0.3) is 16.9 Å². The Morgan fingerprint density at radius 1 is 1.28 bits per heavy atom. The average Bonchev–Trinajstić information content (AvgIpc) is 2.64. The fraction of sp³-hybridized carbons (Fsp3) is 0.0833. The third-order valence-electron chi connectivity index (χ3n) is 2.67. The maximum absolute atomic E-state index is 5.92. The molecule has 90 valence electrons. The van der Waals surface area contributed by atoms with Crippen molar-refractivity contribution in [1.29, 1.82) is 0 Å². The highest BCUT2D eigenvalue weighted by atomic mass is 35.5. The Morgan fingerprint density at radius 2 is 2.11 bits per heavy atom. The van der Waals surface area contributed by atoms with Crippen molar-refractivity contribution in [2.24, 2.45) is 0 Å². The molecule has 0 unspecified atom stereocenters. The summed E-state index contributed by atoms with van der Waals surface area (Å²) in [6.45, 7) is 1.93. The van der Waals surface area contributed by atoms with E-state index in [2.05, 4.69) is 15.1 Å². The Hall–Kier alpha value is -2.14. The van der Waals surface area contributed by atoms with Gasteiger partial charge in [0.25, 0.3) is 0 Å². The minimum Gasteiger partial charge on any atom is -0.384 e. The molecule has 0 saturated carbocycles. The number of aryl methyl sites for hydroxylation is 1. The minimum absolute atomic E-state index is 0.420. The van der Waals surface area contributed by atoms with Crippen LogP contribution in [-0.4, -0.2) is 19.6 Å². The van der Waals surface area contributed by atoms with Crippen molar-refractivity contribution in [3.63, 3.8) is 0 Å². The molecule has 0 radical (unpaired) electrons. The first-order valence-corrected chi connectivity index (χ1v) is 5.77. The fourth-order valence-electron chi connectivity index (χ4n) is 1.95. The number of nitrogens with two attached hydrogens (primary N) is 1. The average molecular weight is 260 g/mol. The number of pyridine rings is 1. The zero-order valence-electron chi connectivity index (χ0n) is 9.63. The van der Waals surface area contributed by atoms with Gasteiger partial charge in [0, 0.05) is 11.8 Å². The first-order valence-electron chi connectivity index (χ1n) is 5.39. The second kappa shape index (κ2) is 3.96. The summed E-state index contributed by atoms with van der Waals surface area (Å²) in [5.41, 5.74) is 9.12. The van der Waals surface area contributed by atoms with Gasteiger partial charge in [-0.2, -0.15) is 5.10 Å². The Labute approximate surface area is 108 Å². The van der Waals surface area contributed by atoms with Crippen LogP contribution in [0.15, 0.2) is 30.5 Å². The second-order valence-electron chi connectivity index (χ2n) is 3.94. The number of nitrogen functional groups attached to an aromatic ring is 1. The highest BCUT2D eigenvalue weighted by molar-refractivity contribution is 6.29. The number of hydrogen-bond donors (Lipinski definition) is 1. The van der Waals surface area contributed by atoms with Crippen LogP contribution in [0.2, 0.25) is 5.15 Å². The van der Waals surface area contributed by atoms with E-state index in [0.29, 0.717) is 11.0 Å². The maximum Gasteiger partial charge on any atom is 0.154 e. The number of anilines is 1. The molecule has 0 aromatic carbocycles. The van der Waals surface area contributed by atoms with Crippen molar-refractivity contribution in [3.05, 3.63) is 41.3 Å². The molecule has 0 amide bonds. The van der Waals surface area contributed by atoms with E-state index < -0.39 is 0 Å². The number of rotatable bonds is 1. The number of imidazole rings is 1. The topological polar surface area (TPSA) is 69.1 Å². The summed E-state index contributed by atoms with van der Waals surface area (Å²) in [7, 11) is 0. The predicted molar refractivity (Wildman–Crippen MR) is 70.4 cm³/mol. The quantitative estimate of drug-likeness (QED) is 0.728. The maximum atomic E-state index is 5.92. The summed E-state index contributed by atoms with van der Waals surface area (Å²) in [6.07, 6.45) is 1.66. The molecular formula is C12H10ClN5. The molecule has 5 nitrogen and oxygen atoms in total. The third kappa shape index (κ3) is 1.69. The van der Waals surface area contributed by atoms with Gasteiger partial charge in [0.05, 0.1) is 11.4 Å². The molecule has 0 aliphatic rings. The van der Waals surface area contributed by atoms with Crippen LogP contribution in [0.4, 0.5) is 5.82 Å². The molecule has 3 aromatic heterocycles. The molecule has 3 heterocycles. The smallest absolute Gasteiger partial charge is 0.154 e. The summed E-state index contributed by atoms with van der Waals surface area (Å²) in [5, 5.41) is 4.68.